The lowest BCUT2D eigenvalue weighted by Gasteiger charge is -2.21. The van der Waals surface area contributed by atoms with Crippen LogP contribution in [0.15, 0.2) is 48.5 Å². The summed E-state index contributed by atoms with van der Waals surface area (Å²) >= 11 is 0. The molecule has 0 atom stereocenters. The van der Waals surface area contributed by atoms with Crippen molar-refractivity contribution >= 4 is 28.7 Å². The molecule has 0 bridgehead atoms. The van der Waals surface area contributed by atoms with Crippen LogP contribution in [0.4, 0.5) is 11.8 Å². The minimum Gasteiger partial charge on any atom is -0.369 e. The van der Waals surface area contributed by atoms with Crippen LogP contribution in [0.2, 0.25) is 0 Å². The highest BCUT2D eigenvalue weighted by molar-refractivity contribution is 6.04. The fourth-order valence-corrected chi connectivity index (χ4v) is 3.88. The second-order valence-electron chi connectivity index (χ2n) is 7.41. The van der Waals surface area contributed by atoms with Gasteiger partial charge in [0.15, 0.2) is 0 Å². The Hall–Kier alpha value is -3.98. The molecule has 156 valence electrons. The Morgan fingerprint density at radius 1 is 1.10 bits per heavy atom. The lowest BCUT2D eigenvalue weighted by molar-refractivity contribution is 0.100. The van der Waals surface area contributed by atoms with Gasteiger partial charge in [0, 0.05) is 31.6 Å². The van der Waals surface area contributed by atoms with Crippen molar-refractivity contribution in [3.05, 3.63) is 70.9 Å². The maximum absolute atomic E-state index is 11.8. The van der Waals surface area contributed by atoms with E-state index in [1.807, 2.05) is 24.3 Å². The van der Waals surface area contributed by atoms with Crippen LogP contribution in [0, 0.1) is 0 Å². The highest BCUT2D eigenvalue weighted by Gasteiger charge is 2.22. The number of rotatable bonds is 5. The van der Waals surface area contributed by atoms with Crippen LogP contribution < -0.4 is 22.1 Å². The molecule has 2 aromatic heterocycles. The molecule has 3 heterocycles. The van der Waals surface area contributed by atoms with Crippen molar-refractivity contribution in [3.63, 3.8) is 0 Å². The minimum atomic E-state index is -0.557. The molecule has 1 aliphatic heterocycles. The molecule has 0 fully saturated rings. The van der Waals surface area contributed by atoms with E-state index < -0.39 is 5.91 Å². The predicted molar refractivity (Wildman–Crippen MR) is 119 cm³/mol. The summed E-state index contributed by atoms with van der Waals surface area (Å²) in [6, 6.07) is 15.3. The quantitative estimate of drug-likeness (QED) is 0.390. The number of nitrogen functional groups attached to an aromatic ring is 1. The Morgan fingerprint density at radius 2 is 1.94 bits per heavy atom. The number of carbonyl (C=O) groups is 1. The molecule has 0 saturated heterocycles. The summed E-state index contributed by atoms with van der Waals surface area (Å²) in [5.74, 6) is 0.811. The second-order valence-corrected chi connectivity index (χ2v) is 7.41. The molecule has 0 saturated carbocycles. The van der Waals surface area contributed by atoms with Gasteiger partial charge in [0.05, 0.1) is 16.8 Å². The number of primary amides is 1. The maximum Gasteiger partial charge on any atom is 0.250 e. The number of nitrogens with zero attached hydrogens (tertiary/aromatic N) is 4. The summed E-state index contributed by atoms with van der Waals surface area (Å²) in [4.78, 5) is 25.8. The summed E-state index contributed by atoms with van der Waals surface area (Å²) in [7, 11) is 0. The molecule has 0 unspecified atom stereocenters. The molecular formula is C22H22N8O. The van der Waals surface area contributed by atoms with Gasteiger partial charge in [0.1, 0.15) is 11.3 Å². The predicted octanol–water partition coefficient (Wildman–Crippen LogP) is 1.75. The molecule has 1 aliphatic rings. The molecule has 0 spiro atoms. The van der Waals surface area contributed by atoms with E-state index in [1.54, 1.807) is 16.7 Å². The summed E-state index contributed by atoms with van der Waals surface area (Å²) in [5, 5.41) is 6.83. The van der Waals surface area contributed by atoms with Crippen molar-refractivity contribution in [3.8, 4) is 5.95 Å². The topological polar surface area (TPSA) is 137 Å². The number of amides is 1. The van der Waals surface area contributed by atoms with Crippen LogP contribution >= 0.6 is 0 Å². The number of hydrogen-bond donors (Lipinski definition) is 4. The van der Waals surface area contributed by atoms with E-state index in [0.717, 1.165) is 35.6 Å². The molecule has 9 heteroatoms. The SMILES string of the molecule is NC(=O)c1cccc2c1nc(N)n2-c1nc2c(c(NCc3ccccc3)n1)CNCC2. The van der Waals surface area contributed by atoms with E-state index in [0.29, 0.717) is 35.6 Å². The van der Waals surface area contributed by atoms with Crippen LogP contribution in [0.1, 0.15) is 27.2 Å². The number of anilines is 2. The standard InChI is InChI=1S/C22H22N8O/c23-19(31)14-7-4-8-17-18(14)28-21(24)30(17)22-27-16-9-10-25-12-15(16)20(29-22)26-11-13-5-2-1-3-6-13/h1-8,25H,9-12H2,(H2,23,31)(H2,24,28)(H,26,27,29). The molecular weight excluding hydrogens is 392 g/mol. The number of hydrogen-bond acceptors (Lipinski definition) is 7. The van der Waals surface area contributed by atoms with Crippen molar-refractivity contribution in [2.75, 3.05) is 17.6 Å². The van der Waals surface area contributed by atoms with E-state index in [9.17, 15) is 4.79 Å². The van der Waals surface area contributed by atoms with Crippen molar-refractivity contribution < 1.29 is 4.79 Å². The molecule has 0 aliphatic carbocycles. The normalized spacial score (nSPS) is 13.2. The average molecular weight is 414 g/mol. The molecule has 5 rings (SSSR count). The van der Waals surface area contributed by atoms with Gasteiger partial charge in [-0.15, -0.1) is 0 Å². The van der Waals surface area contributed by atoms with E-state index in [4.69, 9.17) is 21.4 Å². The van der Waals surface area contributed by atoms with Crippen molar-refractivity contribution in [2.24, 2.45) is 5.73 Å². The van der Waals surface area contributed by atoms with Gasteiger partial charge in [0.2, 0.25) is 11.9 Å². The van der Waals surface area contributed by atoms with Gasteiger partial charge in [-0.2, -0.15) is 4.98 Å². The number of imidazole rings is 1. The van der Waals surface area contributed by atoms with E-state index in [1.165, 1.54) is 0 Å². The van der Waals surface area contributed by atoms with Crippen molar-refractivity contribution in [1.29, 1.82) is 0 Å². The highest BCUT2D eigenvalue weighted by atomic mass is 16.1. The van der Waals surface area contributed by atoms with Gasteiger partial charge in [-0.25, -0.2) is 14.5 Å². The third-order valence-corrected chi connectivity index (χ3v) is 5.40. The number of nitrogens with one attached hydrogen (secondary N) is 2. The van der Waals surface area contributed by atoms with Gasteiger partial charge in [0.25, 0.3) is 5.91 Å². The van der Waals surface area contributed by atoms with Crippen LogP contribution in [-0.4, -0.2) is 32.0 Å². The van der Waals surface area contributed by atoms with E-state index >= 15 is 0 Å². The summed E-state index contributed by atoms with van der Waals surface area (Å²) < 4.78 is 1.66. The third-order valence-electron chi connectivity index (χ3n) is 5.40. The van der Waals surface area contributed by atoms with Crippen molar-refractivity contribution in [2.45, 2.75) is 19.5 Å². The zero-order chi connectivity index (χ0) is 21.4. The Bertz CT molecular complexity index is 1280. The molecule has 4 aromatic rings. The smallest absolute Gasteiger partial charge is 0.250 e. The first-order chi connectivity index (χ1) is 15.1. The van der Waals surface area contributed by atoms with Crippen LogP contribution in [0.3, 0.4) is 0 Å². The molecule has 6 N–H and O–H groups in total. The highest BCUT2D eigenvalue weighted by Crippen LogP contribution is 2.27. The Labute approximate surface area is 178 Å². The second kappa shape index (κ2) is 7.69. The number of fused-ring (bicyclic) bond motifs is 2. The summed E-state index contributed by atoms with van der Waals surface area (Å²) in [6.45, 7) is 2.17. The van der Waals surface area contributed by atoms with Gasteiger partial charge in [-0.3, -0.25) is 4.79 Å². The number of nitrogens with two attached hydrogens (primary N) is 2. The first-order valence-corrected chi connectivity index (χ1v) is 10.1. The number of benzene rings is 2. The van der Waals surface area contributed by atoms with Gasteiger partial charge >= 0.3 is 0 Å². The first kappa shape index (κ1) is 19.0. The average Bonchev–Trinajstić information content (AvgIpc) is 3.13. The Balaban J connectivity index is 1.62. The Morgan fingerprint density at radius 3 is 2.74 bits per heavy atom. The zero-order valence-corrected chi connectivity index (χ0v) is 16.8. The lowest BCUT2D eigenvalue weighted by Crippen LogP contribution is -2.27. The Kier molecular flexibility index (Phi) is 4.72. The van der Waals surface area contributed by atoms with Crippen LogP contribution in [0.5, 0.6) is 0 Å². The first-order valence-electron chi connectivity index (χ1n) is 10.1. The van der Waals surface area contributed by atoms with Gasteiger partial charge in [-0.05, 0) is 17.7 Å². The maximum atomic E-state index is 11.8. The molecule has 2 aromatic carbocycles. The fraction of sp³-hybridized carbons (Fsp3) is 0.182. The summed E-state index contributed by atoms with van der Waals surface area (Å²) in [6.07, 6.45) is 0.782. The molecule has 1 amide bonds. The van der Waals surface area contributed by atoms with E-state index in [-0.39, 0.29) is 5.95 Å². The molecule has 0 radical (unpaired) electrons. The lowest BCUT2D eigenvalue weighted by atomic mass is 10.1. The monoisotopic (exact) mass is 414 g/mol. The number of aromatic nitrogens is 4. The third kappa shape index (κ3) is 3.44. The number of carbonyl (C=O) groups excluding carboxylic acids is 1. The van der Waals surface area contributed by atoms with Crippen LogP contribution in [-0.2, 0) is 19.5 Å². The zero-order valence-electron chi connectivity index (χ0n) is 16.8. The van der Waals surface area contributed by atoms with E-state index in [2.05, 4.69) is 27.8 Å². The van der Waals surface area contributed by atoms with Crippen LogP contribution in [0.25, 0.3) is 17.0 Å². The van der Waals surface area contributed by atoms with Gasteiger partial charge < -0.3 is 22.1 Å². The number of para-hydroxylation sites is 1. The fourth-order valence-electron chi connectivity index (χ4n) is 3.88. The summed E-state index contributed by atoms with van der Waals surface area (Å²) in [5.41, 5.74) is 16.3. The molecule has 31 heavy (non-hydrogen) atoms. The largest absolute Gasteiger partial charge is 0.369 e. The van der Waals surface area contributed by atoms with Crippen molar-refractivity contribution in [1.82, 2.24) is 24.8 Å². The van der Waals surface area contributed by atoms with Gasteiger partial charge in [-0.1, -0.05) is 36.4 Å². The minimum absolute atomic E-state index is 0.201. The molecule has 9 nitrogen and oxygen atoms in total.